The molecule has 1 amide bonds. The molecule has 1 aromatic heterocycles. The summed E-state index contributed by atoms with van der Waals surface area (Å²) >= 11 is 4.35. The Bertz CT molecular complexity index is 1050. The van der Waals surface area contributed by atoms with Gasteiger partial charge in [0.25, 0.3) is 10.0 Å². The smallest absolute Gasteiger partial charge is 0.251 e. The van der Waals surface area contributed by atoms with Crippen LogP contribution < -0.4 is 10.0 Å². The average Bonchev–Trinajstić information content (AvgIpc) is 3.08. The monoisotopic (exact) mass is 464 g/mol. The van der Waals surface area contributed by atoms with E-state index in [1.54, 1.807) is 36.4 Å². The molecule has 0 radical (unpaired) electrons. The molecule has 0 aliphatic heterocycles. The highest BCUT2D eigenvalue weighted by Crippen LogP contribution is 2.27. The van der Waals surface area contributed by atoms with Crippen molar-refractivity contribution >= 4 is 48.9 Å². The zero-order valence-electron chi connectivity index (χ0n) is 14.3. The Morgan fingerprint density at radius 1 is 1.04 bits per heavy atom. The molecule has 0 aliphatic rings. The molecule has 2 aromatic carbocycles. The molecule has 0 bridgehead atoms. The van der Waals surface area contributed by atoms with Gasteiger partial charge in [-0.2, -0.15) is 4.72 Å². The summed E-state index contributed by atoms with van der Waals surface area (Å²) in [5.74, 6) is -0.453. The summed E-state index contributed by atoms with van der Waals surface area (Å²) in [6.45, 7) is 1.92. The molecule has 0 saturated carbocycles. The third-order valence-electron chi connectivity index (χ3n) is 3.77. The summed E-state index contributed by atoms with van der Waals surface area (Å²) in [6.07, 6.45) is 0. The summed E-state index contributed by atoms with van der Waals surface area (Å²) in [7, 11) is -3.85. The van der Waals surface area contributed by atoms with Crippen LogP contribution in [0.15, 0.2) is 74.7 Å². The van der Waals surface area contributed by atoms with Crippen molar-refractivity contribution in [1.82, 2.24) is 4.72 Å². The number of halogens is 1. The van der Waals surface area contributed by atoms with Crippen molar-refractivity contribution < 1.29 is 13.2 Å². The first-order valence-corrected chi connectivity index (χ1v) is 11.1. The number of carbonyl (C=O) groups is 1. The van der Waals surface area contributed by atoms with Crippen molar-refractivity contribution in [2.75, 3.05) is 5.32 Å². The molecule has 27 heavy (non-hydrogen) atoms. The number of aryl methyl sites for hydroxylation is 1. The predicted octanol–water partition coefficient (Wildman–Crippen LogP) is 4.48. The lowest BCUT2D eigenvalue weighted by molar-refractivity contribution is -0.117. The van der Waals surface area contributed by atoms with Gasteiger partial charge in [0.2, 0.25) is 5.91 Å². The minimum absolute atomic E-state index is 0.138. The molecule has 5 nitrogen and oxygen atoms in total. The van der Waals surface area contributed by atoms with Crippen molar-refractivity contribution in [1.29, 1.82) is 0 Å². The Hall–Kier alpha value is -2.00. The fourth-order valence-corrected chi connectivity index (χ4v) is 5.72. The maximum Gasteiger partial charge on any atom is 0.251 e. The minimum atomic E-state index is -3.85. The first-order chi connectivity index (χ1) is 12.8. The first kappa shape index (κ1) is 19.8. The van der Waals surface area contributed by atoms with Gasteiger partial charge in [-0.3, -0.25) is 4.79 Å². The van der Waals surface area contributed by atoms with Crippen LogP contribution in [0.2, 0.25) is 0 Å². The lowest BCUT2D eigenvalue weighted by atomic mass is 10.1. The zero-order chi connectivity index (χ0) is 19.4. The standard InChI is InChI=1S/C19H17BrN2O3S2/c1-13-6-5-9-15(12-13)21-19(23)18(14-7-3-2-4-8-14)22-27(24,25)17-11-10-16(20)26-17/h2-12,18,22H,1H3,(H,21,23). The molecule has 1 unspecified atom stereocenters. The van der Waals surface area contributed by atoms with Crippen LogP contribution >= 0.6 is 27.3 Å². The molecule has 1 heterocycles. The van der Waals surface area contributed by atoms with E-state index < -0.39 is 22.0 Å². The van der Waals surface area contributed by atoms with Crippen LogP contribution in [0.4, 0.5) is 5.69 Å². The largest absolute Gasteiger partial charge is 0.324 e. The van der Waals surface area contributed by atoms with E-state index >= 15 is 0 Å². The maximum absolute atomic E-state index is 12.9. The van der Waals surface area contributed by atoms with E-state index in [2.05, 4.69) is 26.0 Å². The molecule has 0 aliphatic carbocycles. The Balaban J connectivity index is 1.91. The second kappa shape index (κ2) is 8.35. The third-order valence-corrected chi connectivity index (χ3v) is 7.31. The molecule has 0 spiro atoms. The van der Waals surface area contributed by atoms with E-state index in [4.69, 9.17) is 0 Å². The van der Waals surface area contributed by atoms with Gasteiger partial charge in [-0.25, -0.2) is 8.42 Å². The van der Waals surface area contributed by atoms with E-state index in [-0.39, 0.29) is 4.21 Å². The minimum Gasteiger partial charge on any atom is -0.324 e. The fourth-order valence-electron chi connectivity index (χ4n) is 2.51. The summed E-state index contributed by atoms with van der Waals surface area (Å²) < 4.78 is 28.8. The molecule has 3 aromatic rings. The van der Waals surface area contributed by atoms with Gasteiger partial charge in [0.1, 0.15) is 10.3 Å². The second-order valence-corrected chi connectivity index (χ2v) is 10.3. The number of rotatable bonds is 6. The number of carbonyl (C=O) groups excluding carboxylic acids is 1. The van der Waals surface area contributed by atoms with Crippen LogP contribution in [0.1, 0.15) is 17.2 Å². The van der Waals surface area contributed by atoms with Gasteiger partial charge < -0.3 is 5.32 Å². The number of hydrogen-bond donors (Lipinski definition) is 2. The molecule has 140 valence electrons. The van der Waals surface area contributed by atoms with Crippen LogP contribution in [0.25, 0.3) is 0 Å². The number of nitrogens with one attached hydrogen (secondary N) is 2. The van der Waals surface area contributed by atoms with E-state index in [1.807, 2.05) is 31.2 Å². The first-order valence-electron chi connectivity index (χ1n) is 8.05. The molecular formula is C19H17BrN2O3S2. The summed E-state index contributed by atoms with van der Waals surface area (Å²) in [5, 5.41) is 2.79. The van der Waals surface area contributed by atoms with Crippen LogP contribution in [-0.2, 0) is 14.8 Å². The van der Waals surface area contributed by atoms with Gasteiger partial charge in [-0.15, -0.1) is 11.3 Å². The highest BCUT2D eigenvalue weighted by Gasteiger charge is 2.28. The lowest BCUT2D eigenvalue weighted by Crippen LogP contribution is -2.36. The second-order valence-electron chi connectivity index (χ2n) is 5.88. The molecule has 1 atom stereocenters. The SMILES string of the molecule is Cc1cccc(NC(=O)C(NS(=O)(=O)c2ccc(Br)s2)c2ccccc2)c1. The number of amides is 1. The molecule has 2 N–H and O–H groups in total. The fraction of sp³-hybridized carbons (Fsp3) is 0.105. The number of hydrogen-bond acceptors (Lipinski definition) is 4. The van der Waals surface area contributed by atoms with Crippen LogP contribution in [-0.4, -0.2) is 14.3 Å². The highest BCUT2D eigenvalue weighted by molar-refractivity contribution is 9.11. The maximum atomic E-state index is 12.9. The van der Waals surface area contributed by atoms with Crippen LogP contribution in [0, 0.1) is 6.92 Å². The van der Waals surface area contributed by atoms with Gasteiger partial charge in [-0.05, 0) is 58.2 Å². The van der Waals surface area contributed by atoms with Crippen molar-refractivity contribution in [2.24, 2.45) is 0 Å². The van der Waals surface area contributed by atoms with Crippen molar-refractivity contribution in [2.45, 2.75) is 17.2 Å². The van der Waals surface area contributed by atoms with Gasteiger partial charge >= 0.3 is 0 Å². The van der Waals surface area contributed by atoms with Gasteiger partial charge in [0, 0.05) is 5.69 Å². The summed E-state index contributed by atoms with van der Waals surface area (Å²) in [4.78, 5) is 12.9. The molecule has 3 rings (SSSR count). The zero-order valence-corrected chi connectivity index (χ0v) is 17.6. The number of thiophene rings is 1. The quantitative estimate of drug-likeness (QED) is 0.564. The molecule has 0 saturated heterocycles. The van der Waals surface area contributed by atoms with Gasteiger partial charge in [0.15, 0.2) is 0 Å². The van der Waals surface area contributed by atoms with Crippen LogP contribution in [0.5, 0.6) is 0 Å². The van der Waals surface area contributed by atoms with Gasteiger partial charge in [0.05, 0.1) is 3.79 Å². The van der Waals surface area contributed by atoms with E-state index in [0.29, 0.717) is 15.0 Å². The van der Waals surface area contributed by atoms with Crippen molar-refractivity contribution in [3.8, 4) is 0 Å². The van der Waals surface area contributed by atoms with Crippen LogP contribution in [0.3, 0.4) is 0 Å². The topological polar surface area (TPSA) is 75.3 Å². The highest BCUT2D eigenvalue weighted by atomic mass is 79.9. The Morgan fingerprint density at radius 3 is 2.41 bits per heavy atom. The molecule has 8 heteroatoms. The van der Waals surface area contributed by atoms with E-state index in [0.717, 1.165) is 16.9 Å². The van der Waals surface area contributed by atoms with Gasteiger partial charge in [-0.1, -0.05) is 42.5 Å². The number of sulfonamides is 1. The Morgan fingerprint density at radius 2 is 1.78 bits per heavy atom. The number of benzene rings is 2. The summed E-state index contributed by atoms with van der Waals surface area (Å²) in [5.41, 5.74) is 2.16. The van der Waals surface area contributed by atoms with E-state index in [1.165, 1.54) is 6.07 Å². The average molecular weight is 465 g/mol. The molecular weight excluding hydrogens is 448 g/mol. The molecule has 0 fully saturated rings. The lowest BCUT2D eigenvalue weighted by Gasteiger charge is -2.18. The van der Waals surface area contributed by atoms with Crippen molar-refractivity contribution in [3.05, 3.63) is 81.6 Å². The number of anilines is 1. The normalized spacial score (nSPS) is 12.5. The summed E-state index contributed by atoms with van der Waals surface area (Å²) in [6, 6.07) is 18.2. The predicted molar refractivity (Wildman–Crippen MR) is 111 cm³/mol. The Labute approximate surface area is 170 Å². The van der Waals surface area contributed by atoms with Crippen molar-refractivity contribution in [3.63, 3.8) is 0 Å². The third kappa shape index (κ3) is 5.04. The van der Waals surface area contributed by atoms with E-state index in [9.17, 15) is 13.2 Å². The Kier molecular flexibility index (Phi) is 6.11.